The number of benzene rings is 1. The Morgan fingerprint density at radius 1 is 1.12 bits per heavy atom. The van der Waals surface area contributed by atoms with Gasteiger partial charge in [-0.05, 0) is 38.5 Å². The van der Waals surface area contributed by atoms with Gasteiger partial charge >= 0.3 is 24.1 Å². The predicted octanol–water partition coefficient (Wildman–Crippen LogP) is 2.18. The third-order valence-electron chi connectivity index (χ3n) is 4.46. The number of carboxylic acids is 1. The molecule has 0 saturated heterocycles. The molecule has 0 spiro atoms. The number of amides is 3. The van der Waals surface area contributed by atoms with E-state index in [-0.39, 0.29) is 25.0 Å². The standard InChI is InChI=1S/C22H29N3O8/c1-22(2,3)33-21(30)25-17(19(28)31-4)11-13-5-7-14(8-6-13)23-20(29)24-16-9-10-32-12-15(16)18(26)27/h5-8,17H,9-12H2,1-4H3,(H,25,30)(H,26,27)(H2,23,24,29). The molecule has 11 heteroatoms. The summed E-state index contributed by atoms with van der Waals surface area (Å²) in [6, 6.07) is 5.05. The van der Waals surface area contributed by atoms with Crippen LogP contribution in [0.25, 0.3) is 0 Å². The van der Waals surface area contributed by atoms with E-state index in [0.29, 0.717) is 23.6 Å². The van der Waals surface area contributed by atoms with Gasteiger partial charge in [0.1, 0.15) is 11.6 Å². The van der Waals surface area contributed by atoms with Crippen molar-refractivity contribution in [2.45, 2.75) is 45.3 Å². The molecule has 11 nitrogen and oxygen atoms in total. The van der Waals surface area contributed by atoms with Crippen molar-refractivity contribution in [1.82, 2.24) is 10.6 Å². The van der Waals surface area contributed by atoms with E-state index in [1.54, 1.807) is 45.0 Å². The monoisotopic (exact) mass is 463 g/mol. The number of ether oxygens (including phenoxy) is 3. The second kappa shape index (κ2) is 11.3. The molecular weight excluding hydrogens is 434 g/mol. The van der Waals surface area contributed by atoms with Crippen molar-refractivity contribution in [3.8, 4) is 0 Å². The highest BCUT2D eigenvalue weighted by atomic mass is 16.6. The van der Waals surface area contributed by atoms with Gasteiger partial charge in [-0.2, -0.15) is 0 Å². The number of anilines is 1. The van der Waals surface area contributed by atoms with Gasteiger partial charge in [0.25, 0.3) is 0 Å². The lowest BCUT2D eigenvalue weighted by Gasteiger charge is -2.22. The summed E-state index contributed by atoms with van der Waals surface area (Å²) in [7, 11) is 1.22. The number of carbonyl (C=O) groups excluding carboxylic acids is 3. The highest BCUT2D eigenvalue weighted by Crippen LogP contribution is 2.16. The van der Waals surface area contributed by atoms with Gasteiger partial charge in [0.15, 0.2) is 0 Å². The number of nitrogens with one attached hydrogen (secondary N) is 3. The van der Waals surface area contributed by atoms with Gasteiger partial charge in [-0.25, -0.2) is 19.2 Å². The SMILES string of the molecule is COC(=O)C(Cc1ccc(NC(=O)NC2=C(C(=O)O)COCC2)cc1)NC(=O)OC(C)(C)C. The highest BCUT2D eigenvalue weighted by molar-refractivity contribution is 5.93. The number of carbonyl (C=O) groups is 4. The van der Waals surface area contributed by atoms with E-state index in [2.05, 4.69) is 16.0 Å². The average molecular weight is 463 g/mol. The summed E-state index contributed by atoms with van der Waals surface area (Å²) < 4.78 is 15.1. The fourth-order valence-corrected chi connectivity index (χ4v) is 2.96. The Hall–Kier alpha value is -3.60. The minimum absolute atomic E-state index is 0.0121. The van der Waals surface area contributed by atoms with Crippen molar-refractivity contribution in [2.24, 2.45) is 0 Å². The van der Waals surface area contributed by atoms with E-state index in [1.165, 1.54) is 7.11 Å². The van der Waals surface area contributed by atoms with Crippen molar-refractivity contribution < 1.29 is 38.5 Å². The number of hydrogen-bond donors (Lipinski definition) is 4. The van der Waals surface area contributed by atoms with Crippen LogP contribution >= 0.6 is 0 Å². The largest absolute Gasteiger partial charge is 0.478 e. The minimum atomic E-state index is -1.14. The molecular formula is C22H29N3O8. The topological polar surface area (TPSA) is 152 Å². The van der Waals surface area contributed by atoms with E-state index in [4.69, 9.17) is 14.2 Å². The molecule has 0 fully saturated rings. The molecule has 0 aromatic heterocycles. The number of alkyl carbamates (subject to hydrolysis) is 1. The molecule has 1 unspecified atom stereocenters. The van der Waals surface area contributed by atoms with Crippen LogP contribution in [0.15, 0.2) is 35.5 Å². The quantitative estimate of drug-likeness (QED) is 0.449. The first-order valence-electron chi connectivity index (χ1n) is 10.3. The zero-order chi connectivity index (χ0) is 24.6. The zero-order valence-corrected chi connectivity index (χ0v) is 19.0. The summed E-state index contributed by atoms with van der Waals surface area (Å²) in [5.74, 6) is -1.77. The minimum Gasteiger partial charge on any atom is -0.478 e. The first kappa shape index (κ1) is 25.7. The van der Waals surface area contributed by atoms with Crippen molar-refractivity contribution in [3.63, 3.8) is 0 Å². The maximum Gasteiger partial charge on any atom is 0.408 e. The molecule has 0 radical (unpaired) electrons. The molecule has 1 heterocycles. The Bertz CT molecular complexity index is 919. The molecule has 180 valence electrons. The first-order chi connectivity index (χ1) is 15.5. The molecule has 2 rings (SSSR count). The molecule has 1 aliphatic rings. The van der Waals surface area contributed by atoms with Crippen LogP contribution in [0, 0.1) is 0 Å². The van der Waals surface area contributed by atoms with Crippen LogP contribution in [0.2, 0.25) is 0 Å². The lowest BCUT2D eigenvalue weighted by molar-refractivity contribution is -0.143. The molecule has 1 atom stereocenters. The fourth-order valence-electron chi connectivity index (χ4n) is 2.96. The van der Waals surface area contributed by atoms with Crippen molar-refractivity contribution in [3.05, 3.63) is 41.1 Å². The number of aliphatic carboxylic acids is 1. The molecule has 0 bridgehead atoms. The van der Waals surface area contributed by atoms with Crippen LogP contribution in [-0.2, 0) is 30.2 Å². The molecule has 4 N–H and O–H groups in total. The second-order valence-corrected chi connectivity index (χ2v) is 8.27. The second-order valence-electron chi connectivity index (χ2n) is 8.27. The number of carboxylic acid groups (broad SMARTS) is 1. The normalized spacial score (nSPS) is 14.7. The Labute approximate surface area is 191 Å². The van der Waals surface area contributed by atoms with Gasteiger partial charge in [-0.15, -0.1) is 0 Å². The third kappa shape index (κ3) is 8.45. The number of methoxy groups -OCH3 is 1. The maximum atomic E-state index is 12.3. The Morgan fingerprint density at radius 2 is 1.79 bits per heavy atom. The molecule has 3 amide bonds. The lowest BCUT2D eigenvalue weighted by Crippen LogP contribution is -2.45. The van der Waals surface area contributed by atoms with Crippen LogP contribution < -0.4 is 16.0 Å². The summed E-state index contributed by atoms with van der Waals surface area (Å²) in [6.45, 7) is 5.38. The summed E-state index contributed by atoms with van der Waals surface area (Å²) in [5.41, 5.74) is 0.753. The van der Waals surface area contributed by atoms with E-state index >= 15 is 0 Å². The van der Waals surface area contributed by atoms with Crippen LogP contribution in [0.3, 0.4) is 0 Å². The van der Waals surface area contributed by atoms with Crippen molar-refractivity contribution >= 4 is 29.8 Å². The van der Waals surface area contributed by atoms with Gasteiger partial charge in [0.2, 0.25) is 0 Å². The predicted molar refractivity (Wildman–Crippen MR) is 118 cm³/mol. The smallest absolute Gasteiger partial charge is 0.408 e. The summed E-state index contributed by atoms with van der Waals surface area (Å²) >= 11 is 0. The maximum absolute atomic E-state index is 12.3. The van der Waals surface area contributed by atoms with Crippen LogP contribution in [0.1, 0.15) is 32.8 Å². The zero-order valence-electron chi connectivity index (χ0n) is 19.0. The molecule has 0 aliphatic carbocycles. The van der Waals surface area contributed by atoms with E-state index < -0.39 is 35.7 Å². The van der Waals surface area contributed by atoms with E-state index in [1.807, 2.05) is 0 Å². The Morgan fingerprint density at radius 3 is 2.36 bits per heavy atom. The van der Waals surface area contributed by atoms with Crippen molar-refractivity contribution in [2.75, 3.05) is 25.6 Å². The summed E-state index contributed by atoms with van der Waals surface area (Å²) in [4.78, 5) is 47.6. The number of hydrogen-bond acceptors (Lipinski definition) is 7. The van der Waals surface area contributed by atoms with Gasteiger partial charge in [0, 0.05) is 24.2 Å². The van der Waals surface area contributed by atoms with Gasteiger partial charge in [-0.3, -0.25) is 0 Å². The molecule has 1 aromatic rings. The van der Waals surface area contributed by atoms with E-state index in [0.717, 1.165) is 0 Å². The third-order valence-corrected chi connectivity index (χ3v) is 4.46. The lowest BCUT2D eigenvalue weighted by atomic mass is 10.1. The van der Waals surface area contributed by atoms with Gasteiger partial charge in [-0.1, -0.05) is 12.1 Å². The number of urea groups is 1. The molecule has 1 aromatic carbocycles. The molecule has 0 saturated carbocycles. The first-order valence-corrected chi connectivity index (χ1v) is 10.3. The summed E-state index contributed by atoms with van der Waals surface area (Å²) in [6.07, 6.45) is -0.308. The van der Waals surface area contributed by atoms with Crippen LogP contribution in [0.4, 0.5) is 15.3 Å². The van der Waals surface area contributed by atoms with Gasteiger partial charge < -0.3 is 35.3 Å². The Kier molecular flexibility index (Phi) is 8.80. The van der Waals surface area contributed by atoms with E-state index in [9.17, 15) is 24.3 Å². The van der Waals surface area contributed by atoms with Crippen LogP contribution in [-0.4, -0.2) is 61.1 Å². The highest BCUT2D eigenvalue weighted by Gasteiger charge is 2.25. The Balaban J connectivity index is 1.99. The van der Waals surface area contributed by atoms with Gasteiger partial charge in [0.05, 0.1) is 25.9 Å². The number of rotatable bonds is 7. The van der Waals surface area contributed by atoms with Crippen LogP contribution in [0.5, 0.6) is 0 Å². The summed E-state index contributed by atoms with van der Waals surface area (Å²) in [5, 5.41) is 16.9. The fraction of sp³-hybridized carbons (Fsp3) is 0.455. The molecule has 33 heavy (non-hydrogen) atoms. The molecule has 1 aliphatic heterocycles. The number of esters is 1. The van der Waals surface area contributed by atoms with Crippen molar-refractivity contribution in [1.29, 1.82) is 0 Å². The average Bonchev–Trinajstić information content (AvgIpc) is 2.72.